The van der Waals surface area contributed by atoms with Crippen molar-refractivity contribution in [3.8, 4) is 28.1 Å². The number of pyridine rings is 1. The molecule has 0 radical (unpaired) electrons. The van der Waals surface area contributed by atoms with Gasteiger partial charge < -0.3 is 24.6 Å². The standard InChI is InChI=1S/C35H39F2N3O4.C4H10O.C2H6/c1-4-25-22(2)26(19-32(41)42)34-39-13-11-35(3,12-14-39)44-16-7-5-6-15-43-31-20-29(37)28(36)18-27(31)23-9-8-10-24(17-23)30-21-40(34)33(25)38-30;1-4(2,3)5;1-2/h8-10,17-18,20-21H,4-7,11-16,19H2,1-3H3,(H,41,42);5H,1-3H3;1-2H3. The van der Waals surface area contributed by atoms with Gasteiger partial charge in [0.15, 0.2) is 11.6 Å². The van der Waals surface area contributed by atoms with Crippen molar-refractivity contribution >= 4 is 17.4 Å². The first-order valence-electron chi connectivity index (χ1n) is 18.3. The SMILES string of the molecule is CC.CC(C)(C)O.CCc1c(C)c(CC(=O)O)c2n3cc(nc13)-c1cccc(c1)-c1cc(F)c(F)cc1OCCCCCOC1(C)CCN2CC1. The van der Waals surface area contributed by atoms with Gasteiger partial charge in [-0.05, 0) is 102 Å². The quantitative estimate of drug-likeness (QED) is 0.219. The molecule has 0 spiro atoms. The maximum atomic E-state index is 14.5. The molecule has 1 saturated heterocycles. The van der Waals surface area contributed by atoms with Crippen LogP contribution in [0.15, 0.2) is 42.6 Å². The Morgan fingerprint density at radius 1 is 0.980 bits per heavy atom. The van der Waals surface area contributed by atoms with Crippen LogP contribution in [0.5, 0.6) is 5.75 Å². The van der Waals surface area contributed by atoms with Crippen molar-refractivity contribution in [1.82, 2.24) is 9.38 Å². The molecule has 6 bridgehead atoms. The summed E-state index contributed by atoms with van der Waals surface area (Å²) in [5, 5.41) is 18.5. The number of ether oxygens (including phenoxy) is 2. The fourth-order valence-electron chi connectivity index (χ4n) is 6.62. The van der Waals surface area contributed by atoms with E-state index >= 15 is 0 Å². The molecule has 51 heavy (non-hydrogen) atoms. The molecule has 8 nitrogen and oxygen atoms in total. The number of aliphatic carboxylic acids is 1. The maximum Gasteiger partial charge on any atom is 0.307 e. The molecule has 3 aliphatic heterocycles. The van der Waals surface area contributed by atoms with Crippen LogP contribution in [0.25, 0.3) is 28.0 Å². The number of carbonyl (C=O) groups is 1. The van der Waals surface area contributed by atoms with Crippen LogP contribution < -0.4 is 9.64 Å². The minimum absolute atomic E-state index is 0.0870. The van der Waals surface area contributed by atoms with Gasteiger partial charge in [-0.3, -0.25) is 9.20 Å². The summed E-state index contributed by atoms with van der Waals surface area (Å²) >= 11 is 0. The Balaban J connectivity index is 0.000000768. The number of hydrogen-bond acceptors (Lipinski definition) is 6. The second kappa shape index (κ2) is 17.0. The van der Waals surface area contributed by atoms with Crippen molar-refractivity contribution in [2.24, 2.45) is 0 Å². The number of anilines is 1. The summed E-state index contributed by atoms with van der Waals surface area (Å²) in [5.74, 6) is -1.61. The molecule has 1 fully saturated rings. The molecular weight excluding hydrogens is 652 g/mol. The first-order chi connectivity index (χ1) is 24.2. The van der Waals surface area contributed by atoms with E-state index in [4.69, 9.17) is 19.6 Å². The molecule has 0 unspecified atom stereocenters. The van der Waals surface area contributed by atoms with Crippen molar-refractivity contribution in [3.63, 3.8) is 0 Å². The topological polar surface area (TPSA) is 96.5 Å². The number of piperidine rings is 1. The lowest BCUT2D eigenvalue weighted by Gasteiger charge is -2.41. The van der Waals surface area contributed by atoms with E-state index in [1.165, 1.54) is 6.07 Å². The van der Waals surface area contributed by atoms with Crippen LogP contribution in [0.3, 0.4) is 0 Å². The van der Waals surface area contributed by atoms with Crippen LogP contribution in [0.1, 0.15) is 97.3 Å². The Kier molecular flexibility index (Phi) is 13.3. The van der Waals surface area contributed by atoms with E-state index in [1.807, 2.05) is 51.2 Å². The van der Waals surface area contributed by atoms with Gasteiger partial charge in [0.1, 0.15) is 17.2 Å². The average molecular weight is 708 g/mol. The molecule has 0 saturated carbocycles. The van der Waals surface area contributed by atoms with Gasteiger partial charge in [0, 0.05) is 48.6 Å². The highest BCUT2D eigenvalue weighted by atomic mass is 19.2. The smallest absolute Gasteiger partial charge is 0.307 e. The summed E-state index contributed by atoms with van der Waals surface area (Å²) in [5.41, 5.74) is 5.46. The van der Waals surface area contributed by atoms with Crippen LogP contribution in [-0.4, -0.2) is 63.1 Å². The third-order valence-electron chi connectivity index (χ3n) is 9.17. The van der Waals surface area contributed by atoms with Crippen molar-refractivity contribution in [1.29, 1.82) is 0 Å². The lowest BCUT2D eigenvalue weighted by Crippen LogP contribution is -2.45. The zero-order chi connectivity index (χ0) is 37.5. The van der Waals surface area contributed by atoms with Gasteiger partial charge in [-0.1, -0.05) is 39.0 Å². The fraction of sp³-hybridized carbons (Fsp3) is 0.512. The molecule has 2 N–H and O–H groups in total. The van der Waals surface area contributed by atoms with Gasteiger partial charge in [0.2, 0.25) is 0 Å². The number of rotatable bonds is 3. The largest absolute Gasteiger partial charge is 0.493 e. The van der Waals surface area contributed by atoms with E-state index in [2.05, 4.69) is 23.1 Å². The van der Waals surface area contributed by atoms with E-state index in [9.17, 15) is 18.7 Å². The number of aryl methyl sites for hydroxylation is 1. The number of hydrogen-bond donors (Lipinski definition) is 2. The fourth-order valence-corrected chi connectivity index (χ4v) is 6.62. The summed E-state index contributed by atoms with van der Waals surface area (Å²) in [6.45, 7) is 17.9. The van der Waals surface area contributed by atoms with Crippen LogP contribution in [-0.2, 0) is 22.4 Å². The Hall–Kier alpha value is -4.02. The van der Waals surface area contributed by atoms with Crippen molar-refractivity contribution in [2.45, 2.75) is 112 Å². The summed E-state index contributed by atoms with van der Waals surface area (Å²) < 4.78 is 43.3. The molecule has 7 rings (SSSR count). The van der Waals surface area contributed by atoms with Crippen molar-refractivity contribution in [3.05, 3.63) is 70.9 Å². The minimum atomic E-state index is -0.950. The number of carboxylic acids is 1. The molecule has 2 aromatic carbocycles. The molecule has 10 heteroatoms. The van der Waals surface area contributed by atoms with E-state index in [-0.39, 0.29) is 12.0 Å². The zero-order valence-electron chi connectivity index (χ0n) is 31.5. The Morgan fingerprint density at radius 2 is 1.61 bits per heavy atom. The average Bonchev–Trinajstić information content (AvgIpc) is 3.51. The lowest BCUT2D eigenvalue weighted by atomic mass is 9.92. The molecular formula is C41H55F2N3O5. The molecule has 5 heterocycles. The van der Waals surface area contributed by atoms with Crippen LogP contribution >= 0.6 is 0 Å². The van der Waals surface area contributed by atoms with Gasteiger partial charge in [-0.25, -0.2) is 13.8 Å². The minimum Gasteiger partial charge on any atom is -0.493 e. The third-order valence-corrected chi connectivity index (χ3v) is 9.17. The van der Waals surface area contributed by atoms with Crippen LogP contribution in [0.4, 0.5) is 14.6 Å². The number of benzene rings is 2. The highest BCUT2D eigenvalue weighted by Crippen LogP contribution is 2.38. The van der Waals surface area contributed by atoms with E-state index in [1.54, 1.807) is 20.8 Å². The highest BCUT2D eigenvalue weighted by molar-refractivity contribution is 5.79. The Morgan fingerprint density at radius 3 is 2.25 bits per heavy atom. The monoisotopic (exact) mass is 707 g/mol. The number of halogens is 2. The number of imidazole rings is 1. The number of fused-ring (bicyclic) bond motifs is 8. The van der Waals surface area contributed by atoms with Crippen molar-refractivity contribution in [2.75, 3.05) is 31.2 Å². The first kappa shape index (κ1) is 39.8. The second-order valence-electron chi connectivity index (χ2n) is 14.4. The number of nitrogens with zero attached hydrogens (tertiary/aromatic N) is 3. The van der Waals surface area contributed by atoms with E-state index < -0.39 is 23.2 Å². The number of carboxylic acid groups (broad SMARTS) is 1. The molecule has 4 aromatic rings. The van der Waals surface area contributed by atoms with E-state index in [0.717, 1.165) is 85.0 Å². The molecule has 0 atom stereocenters. The summed E-state index contributed by atoms with van der Waals surface area (Å²) in [4.78, 5) is 19.5. The predicted octanol–water partition coefficient (Wildman–Crippen LogP) is 9.19. The van der Waals surface area contributed by atoms with Crippen LogP contribution in [0, 0.1) is 18.6 Å². The van der Waals surface area contributed by atoms with Gasteiger partial charge in [-0.2, -0.15) is 0 Å². The predicted molar refractivity (Wildman–Crippen MR) is 200 cm³/mol. The first-order valence-corrected chi connectivity index (χ1v) is 18.3. The number of aromatic nitrogens is 2. The molecule has 2 aromatic heterocycles. The summed E-state index contributed by atoms with van der Waals surface area (Å²) in [7, 11) is 0. The normalized spacial score (nSPS) is 15.9. The van der Waals surface area contributed by atoms with Gasteiger partial charge >= 0.3 is 5.97 Å². The highest BCUT2D eigenvalue weighted by Gasteiger charge is 2.34. The molecule has 0 amide bonds. The van der Waals surface area contributed by atoms with Gasteiger partial charge in [0.25, 0.3) is 0 Å². The van der Waals surface area contributed by atoms with Crippen LogP contribution in [0.2, 0.25) is 0 Å². The summed E-state index contributed by atoms with van der Waals surface area (Å²) in [6, 6.07) is 9.89. The molecule has 3 aliphatic rings. The van der Waals surface area contributed by atoms with Crippen molar-refractivity contribution < 1.29 is 33.3 Å². The zero-order valence-corrected chi connectivity index (χ0v) is 31.5. The Labute approximate surface area is 301 Å². The summed E-state index contributed by atoms with van der Waals surface area (Å²) in [6.07, 6.45) is 6.74. The third kappa shape index (κ3) is 9.86. The van der Waals surface area contributed by atoms with Gasteiger partial charge in [-0.15, -0.1) is 0 Å². The second-order valence-corrected chi connectivity index (χ2v) is 14.4. The number of aliphatic hydroxyl groups is 1. The molecule has 278 valence electrons. The maximum absolute atomic E-state index is 14.5. The van der Waals surface area contributed by atoms with E-state index in [0.29, 0.717) is 42.2 Å². The molecule has 0 aliphatic carbocycles. The Bertz CT molecular complexity index is 1800. The van der Waals surface area contributed by atoms with Gasteiger partial charge in [0.05, 0.1) is 29.9 Å². The lowest BCUT2D eigenvalue weighted by molar-refractivity contribution is -0.136.